The minimum Gasteiger partial charge on any atom is -0.477 e. The van der Waals surface area contributed by atoms with E-state index in [2.05, 4.69) is 9.97 Å². The monoisotopic (exact) mass is 267 g/mol. The average Bonchev–Trinajstić information content (AvgIpc) is 2.33. The number of nitrogens with zero attached hydrogens (tertiary/aromatic N) is 2. The standard InChI is InChI=1S/C14H25N3O2/c1-9(2)12-16-11(15)10(3)13(17-12)19-8-7-14(4,5)18-6/h9H,7-8H2,1-6H3,(H2,15,16,17). The van der Waals surface area contributed by atoms with Gasteiger partial charge in [-0.1, -0.05) is 13.8 Å². The lowest BCUT2D eigenvalue weighted by Gasteiger charge is -2.22. The molecule has 0 spiro atoms. The summed E-state index contributed by atoms with van der Waals surface area (Å²) in [4.78, 5) is 8.69. The Labute approximate surface area is 115 Å². The zero-order chi connectivity index (χ0) is 14.6. The molecule has 5 heteroatoms. The van der Waals surface area contributed by atoms with Gasteiger partial charge >= 0.3 is 0 Å². The van der Waals surface area contributed by atoms with Gasteiger partial charge in [-0.25, -0.2) is 4.98 Å². The molecular weight excluding hydrogens is 242 g/mol. The summed E-state index contributed by atoms with van der Waals surface area (Å²) in [5.41, 5.74) is 6.48. The van der Waals surface area contributed by atoms with Crippen LogP contribution in [-0.4, -0.2) is 29.3 Å². The molecular formula is C14H25N3O2. The van der Waals surface area contributed by atoms with Gasteiger partial charge in [0.15, 0.2) is 0 Å². The Morgan fingerprint density at radius 1 is 1.26 bits per heavy atom. The molecule has 1 rings (SSSR count). The molecule has 0 aromatic carbocycles. The van der Waals surface area contributed by atoms with Crippen molar-refractivity contribution in [1.29, 1.82) is 0 Å². The normalized spacial score (nSPS) is 11.9. The molecule has 108 valence electrons. The van der Waals surface area contributed by atoms with Crippen LogP contribution < -0.4 is 10.5 Å². The fourth-order valence-corrected chi connectivity index (χ4v) is 1.42. The molecule has 0 aliphatic rings. The van der Waals surface area contributed by atoms with Crippen LogP contribution in [-0.2, 0) is 4.74 Å². The maximum absolute atomic E-state index is 5.89. The Bertz CT molecular complexity index is 431. The summed E-state index contributed by atoms with van der Waals surface area (Å²) in [7, 11) is 1.70. The molecule has 19 heavy (non-hydrogen) atoms. The van der Waals surface area contributed by atoms with Gasteiger partial charge in [-0.2, -0.15) is 4.98 Å². The third-order valence-electron chi connectivity index (χ3n) is 3.17. The molecule has 0 saturated carbocycles. The van der Waals surface area contributed by atoms with Crippen LogP contribution in [0.1, 0.15) is 51.4 Å². The zero-order valence-corrected chi connectivity index (χ0v) is 12.8. The van der Waals surface area contributed by atoms with Crippen molar-refractivity contribution < 1.29 is 9.47 Å². The second-order valence-corrected chi connectivity index (χ2v) is 5.61. The Hall–Kier alpha value is -1.36. The van der Waals surface area contributed by atoms with Gasteiger partial charge in [-0.05, 0) is 20.8 Å². The van der Waals surface area contributed by atoms with Crippen LogP contribution in [0.4, 0.5) is 5.82 Å². The first-order valence-electron chi connectivity index (χ1n) is 6.59. The molecule has 2 N–H and O–H groups in total. The number of nitrogen functional groups attached to an aromatic ring is 1. The lowest BCUT2D eigenvalue weighted by molar-refractivity contribution is 0.00500. The number of hydrogen-bond acceptors (Lipinski definition) is 5. The van der Waals surface area contributed by atoms with Gasteiger partial charge in [-0.15, -0.1) is 0 Å². The van der Waals surface area contributed by atoms with Gasteiger partial charge in [0, 0.05) is 19.4 Å². The zero-order valence-electron chi connectivity index (χ0n) is 12.8. The minimum absolute atomic E-state index is 0.201. The van der Waals surface area contributed by atoms with Crippen LogP contribution in [0.15, 0.2) is 0 Å². The first-order chi connectivity index (χ1) is 8.76. The summed E-state index contributed by atoms with van der Waals surface area (Å²) < 4.78 is 11.1. The highest BCUT2D eigenvalue weighted by molar-refractivity contribution is 5.44. The highest BCUT2D eigenvalue weighted by Crippen LogP contribution is 2.23. The number of nitrogens with two attached hydrogens (primary N) is 1. The second-order valence-electron chi connectivity index (χ2n) is 5.61. The maximum atomic E-state index is 5.89. The summed E-state index contributed by atoms with van der Waals surface area (Å²) in [6.45, 7) is 10.5. The van der Waals surface area contributed by atoms with Crippen molar-refractivity contribution in [3.8, 4) is 5.88 Å². The van der Waals surface area contributed by atoms with E-state index in [1.165, 1.54) is 0 Å². The van der Waals surface area contributed by atoms with E-state index in [0.717, 1.165) is 12.0 Å². The van der Waals surface area contributed by atoms with E-state index < -0.39 is 0 Å². The van der Waals surface area contributed by atoms with E-state index in [4.69, 9.17) is 15.2 Å². The van der Waals surface area contributed by atoms with Crippen molar-refractivity contribution in [2.75, 3.05) is 19.5 Å². The number of rotatable bonds is 6. The van der Waals surface area contributed by atoms with E-state index in [-0.39, 0.29) is 11.5 Å². The molecule has 0 unspecified atom stereocenters. The second kappa shape index (κ2) is 6.19. The minimum atomic E-state index is -0.201. The molecule has 0 aliphatic carbocycles. The number of methoxy groups -OCH3 is 1. The Kier molecular flexibility index (Phi) is 5.11. The SMILES string of the molecule is COC(C)(C)CCOc1nc(C(C)C)nc(N)c1C. The third-order valence-corrected chi connectivity index (χ3v) is 3.17. The highest BCUT2D eigenvalue weighted by Gasteiger charge is 2.17. The number of anilines is 1. The van der Waals surface area contributed by atoms with Crippen molar-refractivity contribution >= 4 is 5.82 Å². The van der Waals surface area contributed by atoms with E-state index in [9.17, 15) is 0 Å². The largest absolute Gasteiger partial charge is 0.477 e. The van der Waals surface area contributed by atoms with Crippen molar-refractivity contribution in [1.82, 2.24) is 9.97 Å². The van der Waals surface area contributed by atoms with Crippen LogP contribution in [0.5, 0.6) is 5.88 Å². The predicted octanol–water partition coefficient (Wildman–Crippen LogP) is 2.68. The first-order valence-corrected chi connectivity index (χ1v) is 6.59. The fraction of sp³-hybridized carbons (Fsp3) is 0.714. The molecule has 0 saturated heterocycles. The topological polar surface area (TPSA) is 70.3 Å². The van der Waals surface area contributed by atoms with Gasteiger partial charge in [-0.3, -0.25) is 0 Å². The molecule has 5 nitrogen and oxygen atoms in total. The Balaban J connectivity index is 2.78. The van der Waals surface area contributed by atoms with E-state index in [0.29, 0.717) is 24.1 Å². The molecule has 1 aromatic rings. The average molecular weight is 267 g/mol. The molecule has 0 atom stereocenters. The van der Waals surface area contributed by atoms with Gasteiger partial charge < -0.3 is 15.2 Å². The molecule has 0 radical (unpaired) electrons. The van der Waals surface area contributed by atoms with Crippen molar-refractivity contribution in [2.24, 2.45) is 0 Å². The summed E-state index contributed by atoms with van der Waals surface area (Å²) in [6, 6.07) is 0. The van der Waals surface area contributed by atoms with E-state index in [1.54, 1.807) is 7.11 Å². The van der Waals surface area contributed by atoms with Crippen LogP contribution in [0, 0.1) is 6.92 Å². The first kappa shape index (κ1) is 15.7. The van der Waals surface area contributed by atoms with Crippen LogP contribution in [0.25, 0.3) is 0 Å². The van der Waals surface area contributed by atoms with Gasteiger partial charge in [0.2, 0.25) is 5.88 Å². The smallest absolute Gasteiger partial charge is 0.221 e. The summed E-state index contributed by atoms with van der Waals surface area (Å²) in [5.74, 6) is 1.99. The van der Waals surface area contributed by atoms with Crippen LogP contribution in [0.3, 0.4) is 0 Å². The summed E-state index contributed by atoms with van der Waals surface area (Å²) in [6.07, 6.45) is 0.782. The molecule has 0 aliphatic heterocycles. The molecule has 0 bridgehead atoms. The number of aromatic nitrogens is 2. The van der Waals surface area contributed by atoms with Crippen molar-refractivity contribution in [3.05, 3.63) is 11.4 Å². The Morgan fingerprint density at radius 3 is 2.42 bits per heavy atom. The Morgan fingerprint density at radius 2 is 1.89 bits per heavy atom. The van der Waals surface area contributed by atoms with E-state index in [1.807, 2.05) is 34.6 Å². The van der Waals surface area contributed by atoms with Crippen LogP contribution in [0.2, 0.25) is 0 Å². The van der Waals surface area contributed by atoms with Gasteiger partial charge in [0.1, 0.15) is 11.6 Å². The lowest BCUT2D eigenvalue weighted by atomic mass is 10.1. The molecule has 0 fully saturated rings. The molecule has 1 heterocycles. The third kappa shape index (κ3) is 4.35. The van der Waals surface area contributed by atoms with Crippen molar-refractivity contribution in [2.45, 2.75) is 52.6 Å². The molecule has 1 aromatic heterocycles. The lowest BCUT2D eigenvalue weighted by Crippen LogP contribution is -2.25. The van der Waals surface area contributed by atoms with Gasteiger partial charge in [0.05, 0.1) is 17.8 Å². The van der Waals surface area contributed by atoms with Crippen LogP contribution >= 0.6 is 0 Å². The highest BCUT2D eigenvalue weighted by atomic mass is 16.5. The van der Waals surface area contributed by atoms with Gasteiger partial charge in [0.25, 0.3) is 0 Å². The number of ether oxygens (including phenoxy) is 2. The van der Waals surface area contributed by atoms with E-state index >= 15 is 0 Å². The summed E-state index contributed by atoms with van der Waals surface area (Å²) >= 11 is 0. The number of hydrogen-bond donors (Lipinski definition) is 1. The quantitative estimate of drug-likeness (QED) is 0.858. The predicted molar refractivity (Wildman–Crippen MR) is 76.5 cm³/mol. The molecule has 0 amide bonds. The maximum Gasteiger partial charge on any atom is 0.221 e. The van der Waals surface area contributed by atoms with Crippen molar-refractivity contribution in [3.63, 3.8) is 0 Å². The summed E-state index contributed by atoms with van der Waals surface area (Å²) in [5, 5.41) is 0. The fourth-order valence-electron chi connectivity index (χ4n) is 1.42.